The summed E-state index contributed by atoms with van der Waals surface area (Å²) in [5.41, 5.74) is 0.961. The Kier molecular flexibility index (Phi) is 4.93. The van der Waals surface area contributed by atoms with E-state index in [1.165, 1.54) is 6.20 Å². The van der Waals surface area contributed by atoms with Gasteiger partial charge in [0, 0.05) is 18.1 Å². The average Bonchev–Trinajstić information content (AvgIpc) is 2.60. The zero-order valence-corrected chi connectivity index (χ0v) is 13.8. The van der Waals surface area contributed by atoms with E-state index in [2.05, 4.69) is 15.3 Å². The maximum atomic E-state index is 12.0. The monoisotopic (exact) mass is 359 g/mol. The lowest BCUT2D eigenvalue weighted by Gasteiger charge is -2.08. The molecule has 2 heterocycles. The molecule has 0 spiro atoms. The smallest absolute Gasteiger partial charge is 0.274 e. The Morgan fingerprint density at radius 2 is 1.83 bits per heavy atom. The molecule has 7 heteroatoms. The van der Waals surface area contributed by atoms with Gasteiger partial charge in [-0.2, -0.15) is 0 Å². The molecule has 0 fully saturated rings. The number of aromatic nitrogens is 2. The number of anilines is 1. The molecule has 1 amide bonds. The summed E-state index contributed by atoms with van der Waals surface area (Å²) >= 11 is 11.8. The number of nitrogens with one attached hydrogen (secondary N) is 1. The van der Waals surface area contributed by atoms with Gasteiger partial charge in [-0.25, -0.2) is 4.98 Å². The molecule has 0 bridgehead atoms. The Morgan fingerprint density at radius 3 is 2.50 bits per heavy atom. The molecule has 0 atom stereocenters. The number of hydrogen-bond donors (Lipinski definition) is 1. The van der Waals surface area contributed by atoms with Crippen LogP contribution in [0.5, 0.6) is 11.6 Å². The summed E-state index contributed by atoms with van der Waals surface area (Å²) in [5, 5.41) is 3.50. The van der Waals surface area contributed by atoms with Crippen molar-refractivity contribution in [1.29, 1.82) is 0 Å². The van der Waals surface area contributed by atoms with Crippen LogP contribution in [-0.2, 0) is 0 Å². The Morgan fingerprint density at radius 1 is 1.04 bits per heavy atom. The third-order valence-electron chi connectivity index (χ3n) is 3.00. The highest BCUT2D eigenvalue weighted by atomic mass is 35.5. The molecular weight excluding hydrogens is 349 g/mol. The second-order valence-corrected chi connectivity index (χ2v) is 5.58. The van der Waals surface area contributed by atoms with E-state index < -0.39 is 0 Å². The molecule has 0 aliphatic rings. The Bertz CT molecular complexity index is 855. The highest BCUT2D eigenvalue weighted by Gasteiger charge is 2.08. The Balaban J connectivity index is 1.68. The second kappa shape index (κ2) is 7.29. The van der Waals surface area contributed by atoms with E-state index in [9.17, 15) is 4.79 Å². The maximum Gasteiger partial charge on any atom is 0.274 e. The highest BCUT2D eigenvalue weighted by Crippen LogP contribution is 2.29. The van der Waals surface area contributed by atoms with Gasteiger partial charge in [0.25, 0.3) is 5.91 Å². The number of ether oxygens (including phenoxy) is 1. The van der Waals surface area contributed by atoms with Crippen molar-refractivity contribution in [1.82, 2.24) is 9.97 Å². The summed E-state index contributed by atoms with van der Waals surface area (Å²) in [6.45, 7) is 0. The van der Waals surface area contributed by atoms with E-state index in [-0.39, 0.29) is 11.8 Å². The minimum atomic E-state index is -0.285. The van der Waals surface area contributed by atoms with E-state index >= 15 is 0 Å². The van der Waals surface area contributed by atoms with E-state index in [1.807, 2.05) is 0 Å². The largest absolute Gasteiger partial charge is 0.438 e. The molecule has 3 rings (SSSR count). The molecule has 1 N–H and O–H groups in total. The Labute approximate surface area is 148 Å². The first-order valence-corrected chi connectivity index (χ1v) is 7.69. The molecule has 0 radical (unpaired) electrons. The first-order chi connectivity index (χ1) is 11.6. The predicted molar refractivity (Wildman–Crippen MR) is 93.0 cm³/mol. The quantitative estimate of drug-likeness (QED) is 0.724. The molecular formula is C17H11Cl2N3O2. The van der Waals surface area contributed by atoms with Crippen molar-refractivity contribution in [2.45, 2.75) is 0 Å². The van der Waals surface area contributed by atoms with E-state index in [1.54, 1.807) is 54.7 Å². The number of amides is 1. The highest BCUT2D eigenvalue weighted by molar-refractivity contribution is 6.35. The first-order valence-electron chi connectivity index (χ1n) is 6.93. The lowest BCUT2D eigenvalue weighted by atomic mass is 10.3. The van der Waals surface area contributed by atoms with Crippen LogP contribution in [0.4, 0.5) is 5.69 Å². The molecule has 1 aromatic carbocycles. The van der Waals surface area contributed by atoms with Gasteiger partial charge in [0.15, 0.2) is 0 Å². The van der Waals surface area contributed by atoms with Crippen LogP contribution in [0.1, 0.15) is 10.5 Å². The van der Waals surface area contributed by atoms with Crippen molar-refractivity contribution in [2.24, 2.45) is 0 Å². The number of nitrogens with zero attached hydrogens (tertiary/aromatic N) is 2. The topological polar surface area (TPSA) is 64.1 Å². The zero-order chi connectivity index (χ0) is 16.9. The van der Waals surface area contributed by atoms with Crippen LogP contribution >= 0.6 is 23.2 Å². The average molecular weight is 360 g/mol. The van der Waals surface area contributed by atoms with Gasteiger partial charge in [-0.05, 0) is 42.5 Å². The zero-order valence-electron chi connectivity index (χ0n) is 12.2. The number of benzene rings is 1. The van der Waals surface area contributed by atoms with Crippen LogP contribution in [-0.4, -0.2) is 15.9 Å². The number of halogens is 2. The third kappa shape index (κ3) is 4.01. The van der Waals surface area contributed by atoms with Crippen LogP contribution in [0.25, 0.3) is 0 Å². The molecule has 3 aromatic rings. The van der Waals surface area contributed by atoms with Gasteiger partial charge >= 0.3 is 0 Å². The Hall–Kier alpha value is -2.63. The summed E-state index contributed by atoms with van der Waals surface area (Å²) in [6.07, 6.45) is 3.01. The normalized spacial score (nSPS) is 10.2. The molecule has 0 unspecified atom stereocenters. The molecule has 0 aliphatic carbocycles. The maximum absolute atomic E-state index is 12.0. The van der Waals surface area contributed by atoms with E-state index in [0.717, 1.165) is 0 Å². The van der Waals surface area contributed by atoms with Crippen molar-refractivity contribution < 1.29 is 9.53 Å². The van der Waals surface area contributed by atoms with Crippen LogP contribution in [0.3, 0.4) is 0 Å². The molecule has 2 aromatic heterocycles. The van der Waals surface area contributed by atoms with Crippen molar-refractivity contribution in [2.75, 3.05) is 5.32 Å². The van der Waals surface area contributed by atoms with Gasteiger partial charge in [-0.15, -0.1) is 0 Å². The number of rotatable bonds is 4. The predicted octanol–water partition coefficient (Wildman–Crippen LogP) is 4.83. The fraction of sp³-hybridized carbons (Fsp3) is 0. The van der Waals surface area contributed by atoms with Gasteiger partial charge in [-0.1, -0.05) is 29.3 Å². The van der Waals surface area contributed by atoms with Gasteiger partial charge in [0.1, 0.15) is 16.5 Å². The lowest BCUT2D eigenvalue weighted by Crippen LogP contribution is -2.13. The van der Waals surface area contributed by atoms with E-state index in [0.29, 0.717) is 27.2 Å². The summed E-state index contributed by atoms with van der Waals surface area (Å²) in [5.74, 6) is 0.501. The SMILES string of the molecule is O=C(Nc1ccc(Oc2ncc(Cl)cc2Cl)cc1)c1ccccn1. The molecule has 0 aliphatic heterocycles. The minimum absolute atomic E-state index is 0.256. The van der Waals surface area contributed by atoms with Gasteiger partial charge in [0.2, 0.25) is 5.88 Å². The van der Waals surface area contributed by atoms with Crippen LogP contribution in [0.15, 0.2) is 60.9 Å². The number of carbonyl (C=O) groups is 1. The standard InChI is InChI=1S/C17H11Cl2N3O2/c18-11-9-14(19)17(21-10-11)24-13-6-4-12(5-7-13)22-16(23)15-3-1-2-8-20-15/h1-10H,(H,22,23). The molecule has 5 nitrogen and oxygen atoms in total. The number of carbonyl (C=O) groups excluding carboxylic acids is 1. The summed E-state index contributed by atoms with van der Waals surface area (Å²) < 4.78 is 5.58. The van der Waals surface area contributed by atoms with Gasteiger partial charge < -0.3 is 10.1 Å². The van der Waals surface area contributed by atoms with Crippen LogP contribution in [0, 0.1) is 0 Å². The fourth-order valence-electron chi connectivity index (χ4n) is 1.89. The van der Waals surface area contributed by atoms with Gasteiger partial charge in [0.05, 0.1) is 5.02 Å². The fourth-order valence-corrected chi connectivity index (χ4v) is 2.31. The van der Waals surface area contributed by atoms with Crippen LogP contribution < -0.4 is 10.1 Å². The van der Waals surface area contributed by atoms with Crippen molar-refractivity contribution in [3.63, 3.8) is 0 Å². The lowest BCUT2D eigenvalue weighted by molar-refractivity contribution is 0.102. The molecule has 0 saturated carbocycles. The van der Waals surface area contributed by atoms with Gasteiger partial charge in [-0.3, -0.25) is 9.78 Å². The minimum Gasteiger partial charge on any atom is -0.438 e. The van der Waals surface area contributed by atoms with Crippen LogP contribution in [0.2, 0.25) is 10.0 Å². The van der Waals surface area contributed by atoms with Crippen molar-refractivity contribution >= 4 is 34.8 Å². The first kappa shape index (κ1) is 16.2. The molecule has 120 valence electrons. The number of pyridine rings is 2. The number of hydrogen-bond acceptors (Lipinski definition) is 4. The third-order valence-corrected chi connectivity index (χ3v) is 3.48. The van der Waals surface area contributed by atoms with Crippen molar-refractivity contribution in [3.05, 3.63) is 76.7 Å². The molecule has 0 saturated heterocycles. The van der Waals surface area contributed by atoms with E-state index in [4.69, 9.17) is 27.9 Å². The summed E-state index contributed by atoms with van der Waals surface area (Å²) in [4.78, 5) is 20.0. The summed E-state index contributed by atoms with van der Waals surface area (Å²) in [7, 11) is 0. The molecule has 24 heavy (non-hydrogen) atoms. The second-order valence-electron chi connectivity index (χ2n) is 4.74. The van der Waals surface area contributed by atoms with Crippen molar-refractivity contribution in [3.8, 4) is 11.6 Å². The summed E-state index contributed by atoms with van der Waals surface area (Å²) in [6, 6.07) is 13.5.